The number of unbranched alkanes of at least 4 members (excludes halogenated alkanes) is 1. The zero-order valence-corrected chi connectivity index (χ0v) is 24.5. The Morgan fingerprint density at radius 3 is 2.24 bits per heavy atom. The van der Waals surface area contributed by atoms with Gasteiger partial charge in [-0.2, -0.15) is 26.3 Å². The van der Waals surface area contributed by atoms with Crippen molar-refractivity contribution in [3.05, 3.63) is 89.0 Å². The molecule has 246 valence electrons. The molecule has 0 aliphatic carbocycles. The number of amides is 3. The minimum atomic E-state index is -6.03. The maximum absolute atomic E-state index is 13.6. The third-order valence-corrected chi connectivity index (χ3v) is 7.96. The highest BCUT2D eigenvalue weighted by Gasteiger charge is 2.71. The van der Waals surface area contributed by atoms with Crippen molar-refractivity contribution in [2.75, 3.05) is 26.4 Å². The topological polar surface area (TPSA) is 97.3 Å². The number of hydrogen-bond acceptors (Lipinski definition) is 6. The molecule has 8 nitrogen and oxygen atoms in total. The van der Waals surface area contributed by atoms with Crippen LogP contribution in [0.2, 0.25) is 0 Å². The van der Waals surface area contributed by atoms with Crippen LogP contribution in [-0.4, -0.2) is 60.7 Å². The number of halogens is 6. The fourth-order valence-electron chi connectivity index (χ4n) is 5.39. The molecule has 0 radical (unpaired) electrons. The van der Waals surface area contributed by atoms with Gasteiger partial charge in [0.15, 0.2) is 11.5 Å². The summed E-state index contributed by atoms with van der Waals surface area (Å²) in [6.45, 7) is 2.35. The zero-order chi connectivity index (χ0) is 33.3. The first kappa shape index (κ1) is 32.9. The van der Waals surface area contributed by atoms with E-state index in [4.69, 9.17) is 14.2 Å². The van der Waals surface area contributed by atoms with E-state index in [9.17, 15) is 41.0 Å². The van der Waals surface area contributed by atoms with Gasteiger partial charge in [-0.15, -0.1) is 0 Å². The van der Waals surface area contributed by atoms with Gasteiger partial charge in [0.2, 0.25) is 0 Å². The summed E-state index contributed by atoms with van der Waals surface area (Å²) in [7, 11) is 0. The van der Waals surface area contributed by atoms with Crippen LogP contribution in [0.25, 0.3) is 0 Å². The Bertz CT molecular complexity index is 1580. The van der Waals surface area contributed by atoms with Crippen molar-refractivity contribution in [2.45, 2.75) is 49.7 Å². The molecule has 1 atom stereocenters. The number of benzene rings is 3. The van der Waals surface area contributed by atoms with Gasteiger partial charge in [-0.05, 0) is 60.7 Å². The summed E-state index contributed by atoms with van der Waals surface area (Å²) in [4.78, 5) is 27.1. The molecule has 0 saturated carbocycles. The Hall–Kier alpha value is -4.46. The first-order chi connectivity index (χ1) is 21.6. The van der Waals surface area contributed by atoms with E-state index in [0.29, 0.717) is 60.8 Å². The summed E-state index contributed by atoms with van der Waals surface area (Å²) < 4.78 is 98.2. The average Bonchev–Trinajstić information content (AvgIpc) is 3.23. The smallest absolute Gasteiger partial charge is 0.430 e. The Labute approximate surface area is 259 Å². The molecule has 1 saturated heterocycles. The molecule has 2 aliphatic heterocycles. The summed E-state index contributed by atoms with van der Waals surface area (Å²) in [5.74, 6) is 0.548. The van der Waals surface area contributed by atoms with Crippen LogP contribution in [0.3, 0.4) is 0 Å². The Morgan fingerprint density at radius 1 is 0.891 bits per heavy atom. The molecular formula is C32H30F6N2O6. The third-order valence-electron chi connectivity index (χ3n) is 7.96. The van der Waals surface area contributed by atoms with Crippen LogP contribution in [0.1, 0.15) is 42.0 Å². The zero-order valence-electron chi connectivity index (χ0n) is 24.5. The molecule has 3 aromatic carbocycles. The van der Waals surface area contributed by atoms with Crippen LogP contribution in [0.15, 0.2) is 66.7 Å². The van der Waals surface area contributed by atoms with Crippen LogP contribution < -0.4 is 19.5 Å². The molecule has 1 unspecified atom stereocenters. The van der Waals surface area contributed by atoms with Crippen molar-refractivity contribution in [3.63, 3.8) is 0 Å². The predicted octanol–water partition coefficient (Wildman–Crippen LogP) is 5.99. The van der Waals surface area contributed by atoms with Gasteiger partial charge in [0.05, 0.1) is 6.61 Å². The van der Waals surface area contributed by atoms with E-state index in [2.05, 4.69) is 5.32 Å². The molecule has 3 aromatic rings. The maximum Gasteiger partial charge on any atom is 0.430 e. The van der Waals surface area contributed by atoms with Gasteiger partial charge < -0.3 is 24.6 Å². The highest BCUT2D eigenvalue weighted by atomic mass is 19.4. The van der Waals surface area contributed by atoms with E-state index >= 15 is 0 Å². The summed E-state index contributed by atoms with van der Waals surface area (Å²) in [6.07, 6.45) is -11.6. The lowest BCUT2D eigenvalue weighted by Crippen LogP contribution is -2.53. The lowest BCUT2D eigenvalue weighted by Gasteiger charge is -2.33. The van der Waals surface area contributed by atoms with E-state index in [-0.39, 0.29) is 30.9 Å². The number of aliphatic hydroxyl groups is 1. The molecule has 0 spiro atoms. The van der Waals surface area contributed by atoms with Crippen LogP contribution in [0.4, 0.5) is 31.1 Å². The number of urea groups is 1. The van der Waals surface area contributed by atoms with Gasteiger partial charge in [-0.25, -0.2) is 4.79 Å². The van der Waals surface area contributed by atoms with Crippen LogP contribution in [0, 0.1) is 0 Å². The van der Waals surface area contributed by atoms with Crippen molar-refractivity contribution < 1.29 is 55.2 Å². The average molecular weight is 653 g/mol. The molecule has 14 heteroatoms. The second kappa shape index (κ2) is 12.4. The maximum atomic E-state index is 13.6. The lowest BCUT2D eigenvalue weighted by atomic mass is 9.89. The first-order valence-electron chi connectivity index (χ1n) is 14.4. The Balaban J connectivity index is 1.26. The number of carbonyl (C=O) groups excluding carboxylic acids is 2. The molecule has 2 heterocycles. The quantitative estimate of drug-likeness (QED) is 0.159. The van der Waals surface area contributed by atoms with Crippen molar-refractivity contribution in [1.82, 2.24) is 10.2 Å². The number of hydrogen-bond donors (Lipinski definition) is 2. The van der Waals surface area contributed by atoms with Crippen LogP contribution in [-0.2, 0) is 22.4 Å². The number of alkyl halides is 6. The van der Waals surface area contributed by atoms with Gasteiger partial charge in [0, 0.05) is 18.5 Å². The monoisotopic (exact) mass is 652 g/mol. The van der Waals surface area contributed by atoms with Crippen molar-refractivity contribution in [3.8, 4) is 17.2 Å². The van der Waals surface area contributed by atoms with E-state index < -0.39 is 41.0 Å². The summed E-state index contributed by atoms with van der Waals surface area (Å²) in [5.41, 5.74) is -6.71. The van der Waals surface area contributed by atoms with E-state index in [1.54, 1.807) is 55.5 Å². The summed E-state index contributed by atoms with van der Waals surface area (Å²) in [6, 6.07) is 14.9. The molecule has 3 amide bonds. The van der Waals surface area contributed by atoms with E-state index in [1.807, 2.05) is 0 Å². The third kappa shape index (κ3) is 6.17. The van der Waals surface area contributed by atoms with Gasteiger partial charge in [-0.3, -0.25) is 9.69 Å². The van der Waals surface area contributed by atoms with Gasteiger partial charge >= 0.3 is 18.4 Å². The van der Waals surface area contributed by atoms with Crippen LogP contribution in [0.5, 0.6) is 17.2 Å². The molecular weight excluding hydrogens is 622 g/mol. The minimum absolute atomic E-state index is 0.0000748. The number of ether oxygens (including phenoxy) is 3. The summed E-state index contributed by atoms with van der Waals surface area (Å²) in [5, 5.41) is 12.6. The highest BCUT2D eigenvalue weighted by molar-refractivity contribution is 6.07. The largest absolute Gasteiger partial charge is 0.493 e. The second-order valence-corrected chi connectivity index (χ2v) is 11.1. The fourth-order valence-corrected chi connectivity index (χ4v) is 5.39. The van der Waals surface area contributed by atoms with E-state index in [1.165, 1.54) is 0 Å². The normalized spacial score (nSPS) is 18.5. The number of imide groups is 1. The molecule has 0 bridgehead atoms. The number of carbonyl (C=O) groups is 2. The predicted molar refractivity (Wildman–Crippen MR) is 151 cm³/mol. The standard InChI is InChI=1S/C32H30F6N2O6/c1-29(22-9-12-25-26(19-22)46-16-15-45-25)27(41)40(28(42)39-29)13-5-6-14-44-24-11-10-23(30(43,31(33,34)35)32(36,37)38)18-21(24)17-20-7-3-2-4-8-20/h2-4,7-12,18-19,43H,5-6,13-17H2,1H3,(H,39,42). The number of rotatable bonds is 10. The van der Waals surface area contributed by atoms with Gasteiger partial charge in [-0.1, -0.05) is 42.5 Å². The van der Waals surface area contributed by atoms with E-state index in [0.717, 1.165) is 11.0 Å². The number of fused-ring (bicyclic) bond motifs is 1. The Morgan fingerprint density at radius 2 is 1.57 bits per heavy atom. The number of nitrogens with one attached hydrogen (secondary N) is 1. The fraction of sp³-hybridized carbons (Fsp3) is 0.375. The van der Waals surface area contributed by atoms with Gasteiger partial charge in [0.25, 0.3) is 11.5 Å². The van der Waals surface area contributed by atoms with Crippen molar-refractivity contribution in [1.29, 1.82) is 0 Å². The molecule has 1 fully saturated rings. The molecule has 5 rings (SSSR count). The van der Waals surface area contributed by atoms with Gasteiger partial charge in [0.1, 0.15) is 24.5 Å². The lowest BCUT2D eigenvalue weighted by molar-refractivity contribution is -0.376. The Kier molecular flexibility index (Phi) is 8.86. The highest BCUT2D eigenvalue weighted by Crippen LogP contribution is 2.50. The second-order valence-electron chi connectivity index (χ2n) is 11.1. The van der Waals surface area contributed by atoms with Crippen molar-refractivity contribution >= 4 is 11.9 Å². The molecule has 0 aromatic heterocycles. The summed E-state index contributed by atoms with van der Waals surface area (Å²) >= 11 is 0. The SMILES string of the molecule is CC1(c2ccc3c(c2)OCCO3)NC(=O)N(CCCCOc2ccc(C(O)(C(F)(F)F)C(F)(F)F)cc2Cc2ccccc2)C1=O. The number of nitrogens with zero attached hydrogens (tertiary/aromatic N) is 1. The minimum Gasteiger partial charge on any atom is -0.493 e. The van der Waals surface area contributed by atoms with Crippen molar-refractivity contribution in [2.24, 2.45) is 0 Å². The van der Waals surface area contributed by atoms with Crippen LogP contribution >= 0.6 is 0 Å². The molecule has 2 aliphatic rings. The molecule has 2 N–H and O–H groups in total. The first-order valence-corrected chi connectivity index (χ1v) is 14.4. The molecule has 46 heavy (non-hydrogen) atoms.